The highest BCUT2D eigenvalue weighted by atomic mass is 35.5. The number of amides is 1. The molecule has 6 nitrogen and oxygen atoms in total. The molecule has 0 fully saturated rings. The van der Waals surface area contributed by atoms with Crippen molar-refractivity contribution < 1.29 is 9.53 Å². The van der Waals surface area contributed by atoms with Gasteiger partial charge in [-0.2, -0.15) is 0 Å². The Morgan fingerprint density at radius 3 is 2.67 bits per heavy atom. The summed E-state index contributed by atoms with van der Waals surface area (Å²) in [5, 5.41) is 6.52. The van der Waals surface area contributed by atoms with Crippen molar-refractivity contribution in [2.45, 2.75) is 13.8 Å². The maximum atomic E-state index is 12.6. The number of hydrogen-bond donors (Lipinski definition) is 2. The molecule has 3 rings (SSSR count). The van der Waals surface area contributed by atoms with Crippen LogP contribution in [0.2, 0.25) is 5.02 Å². The zero-order chi connectivity index (χ0) is 19.4. The summed E-state index contributed by atoms with van der Waals surface area (Å²) in [5.74, 6) is 0.535. The quantitative estimate of drug-likeness (QED) is 0.665. The highest BCUT2D eigenvalue weighted by molar-refractivity contribution is 6.30. The molecule has 0 radical (unpaired) electrons. The van der Waals surface area contributed by atoms with E-state index in [0.29, 0.717) is 22.4 Å². The molecule has 0 atom stereocenters. The van der Waals surface area contributed by atoms with E-state index in [-0.39, 0.29) is 11.6 Å². The number of anilines is 3. The Morgan fingerprint density at radius 2 is 1.89 bits per heavy atom. The van der Waals surface area contributed by atoms with Gasteiger partial charge in [0.15, 0.2) is 0 Å². The summed E-state index contributed by atoms with van der Waals surface area (Å²) in [6.45, 7) is 3.88. The SMILES string of the molecule is COc1ccc(C)cc1NC(=O)c1ccnc(Nc2cc(Cl)ccc2C)n1. The van der Waals surface area contributed by atoms with Gasteiger partial charge in [0.1, 0.15) is 11.4 Å². The number of nitrogens with one attached hydrogen (secondary N) is 2. The number of carbonyl (C=O) groups excluding carboxylic acids is 1. The van der Waals surface area contributed by atoms with Crippen molar-refractivity contribution in [2.75, 3.05) is 17.7 Å². The summed E-state index contributed by atoms with van der Waals surface area (Å²) in [6, 6.07) is 12.6. The minimum absolute atomic E-state index is 0.232. The van der Waals surface area contributed by atoms with E-state index in [0.717, 1.165) is 16.8 Å². The molecule has 0 aliphatic rings. The fourth-order valence-electron chi connectivity index (χ4n) is 2.50. The van der Waals surface area contributed by atoms with Crippen molar-refractivity contribution in [3.8, 4) is 5.75 Å². The molecule has 2 N–H and O–H groups in total. The fourth-order valence-corrected chi connectivity index (χ4v) is 2.67. The maximum absolute atomic E-state index is 12.6. The number of methoxy groups -OCH3 is 1. The van der Waals surface area contributed by atoms with Crippen molar-refractivity contribution in [3.05, 3.63) is 70.5 Å². The van der Waals surface area contributed by atoms with Crippen LogP contribution in [0.15, 0.2) is 48.7 Å². The van der Waals surface area contributed by atoms with E-state index in [1.165, 1.54) is 6.20 Å². The van der Waals surface area contributed by atoms with Gasteiger partial charge in [0.25, 0.3) is 5.91 Å². The molecule has 27 heavy (non-hydrogen) atoms. The molecule has 7 heteroatoms. The zero-order valence-corrected chi connectivity index (χ0v) is 16.0. The van der Waals surface area contributed by atoms with Crippen molar-refractivity contribution in [3.63, 3.8) is 0 Å². The van der Waals surface area contributed by atoms with Gasteiger partial charge in [-0.3, -0.25) is 4.79 Å². The van der Waals surface area contributed by atoms with Crippen molar-refractivity contribution in [1.82, 2.24) is 9.97 Å². The zero-order valence-electron chi connectivity index (χ0n) is 15.2. The second kappa shape index (κ2) is 8.05. The summed E-state index contributed by atoms with van der Waals surface area (Å²) in [4.78, 5) is 21.1. The van der Waals surface area contributed by atoms with Crippen molar-refractivity contribution in [1.29, 1.82) is 0 Å². The van der Waals surface area contributed by atoms with Crippen LogP contribution in [0, 0.1) is 13.8 Å². The first-order chi connectivity index (χ1) is 13.0. The van der Waals surface area contributed by atoms with Crippen molar-refractivity contribution >= 4 is 34.8 Å². The average molecular weight is 383 g/mol. The fraction of sp³-hybridized carbons (Fsp3) is 0.150. The van der Waals surface area contributed by atoms with Gasteiger partial charge in [0.05, 0.1) is 12.8 Å². The number of ether oxygens (including phenoxy) is 1. The van der Waals surface area contributed by atoms with Crippen LogP contribution in [0.3, 0.4) is 0 Å². The van der Waals surface area contributed by atoms with Crippen LogP contribution < -0.4 is 15.4 Å². The highest BCUT2D eigenvalue weighted by Gasteiger charge is 2.13. The smallest absolute Gasteiger partial charge is 0.274 e. The van der Waals surface area contributed by atoms with Crippen LogP contribution in [0.1, 0.15) is 21.6 Å². The Hall–Kier alpha value is -3.12. The van der Waals surface area contributed by atoms with E-state index in [1.54, 1.807) is 25.3 Å². The largest absolute Gasteiger partial charge is 0.495 e. The summed E-state index contributed by atoms with van der Waals surface area (Å²) in [5.41, 5.74) is 3.59. The van der Waals surface area contributed by atoms with Crippen LogP contribution >= 0.6 is 11.6 Å². The molecule has 1 aromatic heterocycles. The second-order valence-electron chi connectivity index (χ2n) is 6.01. The molecular formula is C20H19ClN4O2. The van der Waals surface area contributed by atoms with E-state index in [2.05, 4.69) is 20.6 Å². The van der Waals surface area contributed by atoms with Gasteiger partial charge >= 0.3 is 0 Å². The number of nitrogens with zero attached hydrogens (tertiary/aromatic N) is 2. The molecular weight excluding hydrogens is 364 g/mol. The predicted octanol–water partition coefficient (Wildman–Crippen LogP) is 4.75. The van der Waals surface area contributed by atoms with E-state index >= 15 is 0 Å². The van der Waals surface area contributed by atoms with Gasteiger partial charge in [-0.05, 0) is 55.3 Å². The Balaban J connectivity index is 1.82. The molecule has 2 aromatic carbocycles. The summed E-state index contributed by atoms with van der Waals surface area (Å²) < 4.78 is 5.29. The molecule has 138 valence electrons. The molecule has 1 amide bonds. The number of hydrogen-bond acceptors (Lipinski definition) is 5. The lowest BCUT2D eigenvalue weighted by molar-refractivity contribution is 0.102. The number of halogens is 1. The Morgan fingerprint density at radius 1 is 1.07 bits per heavy atom. The van der Waals surface area contributed by atoms with E-state index in [4.69, 9.17) is 16.3 Å². The third kappa shape index (κ3) is 4.54. The van der Waals surface area contributed by atoms with Crippen LogP contribution in [-0.2, 0) is 0 Å². The predicted molar refractivity (Wildman–Crippen MR) is 107 cm³/mol. The minimum Gasteiger partial charge on any atom is -0.495 e. The number of carbonyl (C=O) groups is 1. The lowest BCUT2D eigenvalue weighted by Gasteiger charge is -2.12. The van der Waals surface area contributed by atoms with Crippen LogP contribution in [0.4, 0.5) is 17.3 Å². The van der Waals surface area contributed by atoms with E-state index in [9.17, 15) is 4.79 Å². The standard InChI is InChI=1S/C20H19ClN4O2/c1-12-4-7-18(27-3)17(10-12)23-19(26)15-8-9-22-20(24-15)25-16-11-14(21)6-5-13(16)2/h4-11H,1-3H3,(H,23,26)(H,22,24,25). The summed E-state index contributed by atoms with van der Waals surface area (Å²) >= 11 is 6.04. The topological polar surface area (TPSA) is 76.1 Å². The first-order valence-corrected chi connectivity index (χ1v) is 8.66. The molecule has 0 saturated heterocycles. The molecule has 0 saturated carbocycles. The van der Waals surface area contributed by atoms with E-state index in [1.807, 2.05) is 38.1 Å². The van der Waals surface area contributed by atoms with Gasteiger partial charge in [-0.15, -0.1) is 0 Å². The average Bonchev–Trinajstić information content (AvgIpc) is 2.65. The van der Waals surface area contributed by atoms with Gasteiger partial charge < -0.3 is 15.4 Å². The molecule has 0 bridgehead atoms. The van der Waals surface area contributed by atoms with E-state index < -0.39 is 0 Å². The van der Waals surface area contributed by atoms with Gasteiger partial charge in [0, 0.05) is 16.9 Å². The minimum atomic E-state index is -0.354. The lowest BCUT2D eigenvalue weighted by Crippen LogP contribution is -2.15. The second-order valence-corrected chi connectivity index (χ2v) is 6.44. The Bertz CT molecular complexity index is 991. The highest BCUT2D eigenvalue weighted by Crippen LogP contribution is 2.26. The number of aromatic nitrogens is 2. The molecule has 0 aliphatic heterocycles. The van der Waals surface area contributed by atoms with Crippen molar-refractivity contribution in [2.24, 2.45) is 0 Å². The molecule has 0 unspecified atom stereocenters. The van der Waals surface area contributed by atoms with Gasteiger partial charge in [-0.1, -0.05) is 23.7 Å². The van der Waals surface area contributed by atoms with Crippen LogP contribution in [0.5, 0.6) is 5.75 Å². The van der Waals surface area contributed by atoms with Crippen LogP contribution in [0.25, 0.3) is 0 Å². The van der Waals surface area contributed by atoms with Crippen LogP contribution in [-0.4, -0.2) is 23.0 Å². The lowest BCUT2D eigenvalue weighted by atomic mass is 10.2. The molecule has 0 spiro atoms. The number of benzene rings is 2. The third-order valence-corrected chi connectivity index (χ3v) is 4.17. The normalized spacial score (nSPS) is 10.4. The molecule has 0 aliphatic carbocycles. The Labute approximate surface area is 162 Å². The maximum Gasteiger partial charge on any atom is 0.274 e. The van der Waals surface area contributed by atoms with Gasteiger partial charge in [-0.25, -0.2) is 9.97 Å². The number of rotatable bonds is 5. The summed E-state index contributed by atoms with van der Waals surface area (Å²) in [7, 11) is 1.56. The monoisotopic (exact) mass is 382 g/mol. The Kier molecular flexibility index (Phi) is 5.57. The molecule has 3 aromatic rings. The third-order valence-electron chi connectivity index (χ3n) is 3.94. The van der Waals surface area contributed by atoms with Gasteiger partial charge in [0.2, 0.25) is 5.95 Å². The first kappa shape index (κ1) is 18.7. The number of aryl methyl sites for hydroxylation is 2. The first-order valence-electron chi connectivity index (χ1n) is 8.28. The molecule has 1 heterocycles. The summed E-state index contributed by atoms with van der Waals surface area (Å²) in [6.07, 6.45) is 1.53.